The van der Waals surface area contributed by atoms with Crippen molar-refractivity contribution < 1.29 is 19.0 Å². The molecule has 1 amide bonds. The van der Waals surface area contributed by atoms with E-state index in [4.69, 9.17) is 25.8 Å². The fourth-order valence-corrected chi connectivity index (χ4v) is 5.00. The minimum atomic E-state index is -0.279. The van der Waals surface area contributed by atoms with Crippen LogP contribution in [-0.4, -0.2) is 63.6 Å². The second kappa shape index (κ2) is 11.6. The molecular weight excluding hydrogens is 508 g/mol. The van der Waals surface area contributed by atoms with Crippen molar-refractivity contribution >= 4 is 39.3 Å². The average Bonchev–Trinajstić information content (AvgIpc) is 3.41. The van der Waals surface area contributed by atoms with Crippen molar-refractivity contribution in [3.63, 3.8) is 0 Å². The molecule has 6 nitrogen and oxygen atoms in total. The summed E-state index contributed by atoms with van der Waals surface area (Å²) in [5.41, 5.74) is 2.10. The molecule has 0 radical (unpaired) electrons. The number of likely N-dealkylation sites (tertiary alicyclic amines) is 1. The summed E-state index contributed by atoms with van der Waals surface area (Å²) in [4.78, 5) is 16.5. The third-order valence-corrected chi connectivity index (χ3v) is 7.26. The van der Waals surface area contributed by atoms with Gasteiger partial charge in [-0.2, -0.15) is 0 Å². The summed E-state index contributed by atoms with van der Waals surface area (Å²) < 4.78 is 17.6. The Hall–Kier alpha value is -1.80. The summed E-state index contributed by atoms with van der Waals surface area (Å²) in [6.45, 7) is 4.79. The normalized spacial score (nSPS) is 20.9. The molecule has 2 fully saturated rings. The predicted octanol–water partition coefficient (Wildman–Crippen LogP) is 5.41. The Morgan fingerprint density at radius 2 is 1.97 bits per heavy atom. The fourth-order valence-electron chi connectivity index (χ4n) is 4.46. The summed E-state index contributed by atoms with van der Waals surface area (Å²) in [5.74, 6) is 1.49. The quantitative estimate of drug-likeness (QED) is 0.380. The first-order chi connectivity index (χ1) is 16.0. The van der Waals surface area contributed by atoms with Crippen LogP contribution in [0.1, 0.15) is 18.4 Å². The van der Waals surface area contributed by atoms with E-state index >= 15 is 0 Å². The van der Waals surface area contributed by atoms with Crippen molar-refractivity contribution in [3.05, 3.63) is 57.5 Å². The largest absolute Gasteiger partial charge is 0.491 e. The molecular formula is C25H30BrClN2O4. The lowest BCUT2D eigenvalue weighted by molar-refractivity contribution is 0.128. The van der Waals surface area contributed by atoms with Gasteiger partial charge in [-0.05, 0) is 79.8 Å². The molecule has 2 aliphatic rings. The van der Waals surface area contributed by atoms with Crippen LogP contribution < -0.4 is 9.64 Å². The van der Waals surface area contributed by atoms with Crippen LogP contribution in [0.15, 0.2) is 46.9 Å². The van der Waals surface area contributed by atoms with E-state index in [0.717, 1.165) is 48.4 Å². The van der Waals surface area contributed by atoms with E-state index in [1.54, 1.807) is 24.1 Å². The molecule has 0 bridgehead atoms. The number of amides is 1. The molecule has 2 unspecified atom stereocenters. The monoisotopic (exact) mass is 536 g/mol. The van der Waals surface area contributed by atoms with Gasteiger partial charge in [0, 0.05) is 35.4 Å². The lowest BCUT2D eigenvalue weighted by Crippen LogP contribution is -2.28. The van der Waals surface area contributed by atoms with Gasteiger partial charge in [0.15, 0.2) is 0 Å². The minimum absolute atomic E-state index is 0.0812. The van der Waals surface area contributed by atoms with Gasteiger partial charge in [-0.15, -0.1) is 0 Å². The molecule has 2 aliphatic heterocycles. The molecule has 0 saturated carbocycles. The average molecular weight is 538 g/mol. The highest BCUT2D eigenvalue weighted by molar-refractivity contribution is 9.10. The van der Waals surface area contributed by atoms with E-state index in [9.17, 15) is 4.79 Å². The van der Waals surface area contributed by atoms with Crippen LogP contribution in [0.3, 0.4) is 0 Å². The second-order valence-corrected chi connectivity index (χ2v) is 9.93. The zero-order valence-corrected chi connectivity index (χ0v) is 21.2. The highest BCUT2D eigenvalue weighted by Gasteiger charge is 2.33. The first-order valence-electron chi connectivity index (χ1n) is 11.4. The van der Waals surface area contributed by atoms with Gasteiger partial charge >= 0.3 is 6.09 Å². The molecule has 0 aliphatic carbocycles. The van der Waals surface area contributed by atoms with Crippen molar-refractivity contribution in [1.82, 2.24) is 4.90 Å². The zero-order valence-electron chi connectivity index (χ0n) is 18.8. The molecule has 4 rings (SSSR count). The molecule has 8 heteroatoms. The highest BCUT2D eigenvalue weighted by Crippen LogP contribution is 2.29. The number of benzene rings is 2. The second-order valence-electron chi connectivity index (χ2n) is 8.64. The number of cyclic esters (lactones) is 1. The van der Waals surface area contributed by atoms with Gasteiger partial charge in [0.2, 0.25) is 0 Å². The van der Waals surface area contributed by atoms with Gasteiger partial charge in [0.25, 0.3) is 0 Å². The standard InChI is InChI=1S/C25H30BrClN2O4/c1-31-12-13-32-22-6-7-24(26)19(15-22)14-18-8-10-28(16-18)11-9-23-17-29(25(30)33-23)21-4-2-20(27)3-5-21/h2-7,15,18,23H,8-14,16-17H2,1H3. The van der Waals surface area contributed by atoms with Crippen LogP contribution in [0.5, 0.6) is 5.75 Å². The molecule has 2 aromatic rings. The third-order valence-electron chi connectivity index (χ3n) is 6.23. The Morgan fingerprint density at radius 3 is 2.76 bits per heavy atom. The smallest absolute Gasteiger partial charge is 0.414 e. The maximum absolute atomic E-state index is 12.3. The van der Waals surface area contributed by atoms with E-state index in [-0.39, 0.29) is 12.2 Å². The molecule has 0 N–H and O–H groups in total. The van der Waals surface area contributed by atoms with Crippen LogP contribution in [-0.2, 0) is 15.9 Å². The molecule has 2 heterocycles. The van der Waals surface area contributed by atoms with Crippen molar-refractivity contribution in [2.75, 3.05) is 51.4 Å². The predicted molar refractivity (Wildman–Crippen MR) is 133 cm³/mol. The Labute approximate surface area is 208 Å². The number of methoxy groups -OCH3 is 1. The summed E-state index contributed by atoms with van der Waals surface area (Å²) >= 11 is 9.65. The molecule has 2 aromatic carbocycles. The molecule has 178 valence electrons. The van der Waals surface area contributed by atoms with E-state index in [2.05, 4.69) is 33.0 Å². The lowest BCUT2D eigenvalue weighted by atomic mass is 9.98. The summed E-state index contributed by atoms with van der Waals surface area (Å²) in [5, 5.41) is 0.656. The van der Waals surface area contributed by atoms with E-state index < -0.39 is 0 Å². The van der Waals surface area contributed by atoms with Crippen molar-refractivity contribution in [2.24, 2.45) is 5.92 Å². The summed E-state index contributed by atoms with van der Waals surface area (Å²) in [7, 11) is 1.68. The number of carbonyl (C=O) groups excluding carboxylic acids is 1. The van der Waals surface area contributed by atoms with Crippen LogP contribution in [0.4, 0.5) is 10.5 Å². The van der Waals surface area contributed by atoms with E-state index in [1.807, 2.05) is 18.2 Å². The van der Waals surface area contributed by atoms with Gasteiger partial charge in [-0.25, -0.2) is 4.79 Å². The van der Waals surface area contributed by atoms with Gasteiger partial charge in [0.05, 0.1) is 13.2 Å². The lowest BCUT2D eigenvalue weighted by Gasteiger charge is -2.18. The number of anilines is 1. The molecule has 33 heavy (non-hydrogen) atoms. The number of rotatable bonds is 10. The Morgan fingerprint density at radius 1 is 1.15 bits per heavy atom. The first kappa shape index (κ1) is 24.3. The van der Waals surface area contributed by atoms with Gasteiger partial charge in [0.1, 0.15) is 18.5 Å². The SMILES string of the molecule is COCCOc1ccc(Br)c(CC2CCN(CCC3CN(c4ccc(Cl)cc4)C(=O)O3)C2)c1. The Bertz CT molecular complexity index is 943. The van der Waals surface area contributed by atoms with Crippen LogP contribution in [0.25, 0.3) is 0 Å². The molecule has 0 aromatic heterocycles. The summed E-state index contributed by atoms with van der Waals surface area (Å²) in [6.07, 6.45) is 2.67. The van der Waals surface area contributed by atoms with Gasteiger partial charge in [-0.3, -0.25) is 4.90 Å². The minimum Gasteiger partial charge on any atom is -0.491 e. The Kier molecular flexibility index (Phi) is 8.52. The maximum Gasteiger partial charge on any atom is 0.414 e. The molecule has 0 spiro atoms. The number of nitrogens with zero attached hydrogens (tertiary/aromatic N) is 2. The number of hydrogen-bond donors (Lipinski definition) is 0. The van der Waals surface area contributed by atoms with Crippen molar-refractivity contribution in [1.29, 1.82) is 0 Å². The maximum atomic E-state index is 12.3. The van der Waals surface area contributed by atoms with Crippen LogP contribution in [0, 0.1) is 5.92 Å². The van der Waals surface area contributed by atoms with Gasteiger partial charge in [-0.1, -0.05) is 27.5 Å². The zero-order chi connectivity index (χ0) is 23.2. The number of halogens is 2. The first-order valence-corrected chi connectivity index (χ1v) is 12.5. The Balaban J connectivity index is 1.23. The van der Waals surface area contributed by atoms with Crippen LogP contribution in [0.2, 0.25) is 5.02 Å². The summed E-state index contributed by atoms with van der Waals surface area (Å²) in [6, 6.07) is 13.5. The van der Waals surface area contributed by atoms with E-state index in [0.29, 0.717) is 30.7 Å². The highest BCUT2D eigenvalue weighted by atomic mass is 79.9. The topological polar surface area (TPSA) is 51.2 Å². The molecule has 2 atom stereocenters. The van der Waals surface area contributed by atoms with Crippen molar-refractivity contribution in [3.8, 4) is 5.75 Å². The number of hydrogen-bond acceptors (Lipinski definition) is 5. The van der Waals surface area contributed by atoms with E-state index in [1.165, 1.54) is 12.0 Å². The number of ether oxygens (including phenoxy) is 3. The number of carbonyl (C=O) groups is 1. The van der Waals surface area contributed by atoms with Gasteiger partial charge < -0.3 is 19.1 Å². The third kappa shape index (κ3) is 6.63. The molecule has 2 saturated heterocycles. The van der Waals surface area contributed by atoms with Crippen LogP contribution >= 0.6 is 27.5 Å². The fraction of sp³-hybridized carbons (Fsp3) is 0.480. The van der Waals surface area contributed by atoms with Crippen molar-refractivity contribution in [2.45, 2.75) is 25.4 Å².